The Labute approximate surface area is 256 Å². The minimum absolute atomic E-state index is 0.0393. The lowest BCUT2D eigenvalue weighted by Crippen LogP contribution is -2.33. The van der Waals surface area contributed by atoms with E-state index in [2.05, 4.69) is 26.0 Å². The molecule has 0 bridgehead atoms. The van der Waals surface area contributed by atoms with Gasteiger partial charge in [0.2, 0.25) is 0 Å². The van der Waals surface area contributed by atoms with Crippen LogP contribution in [0.25, 0.3) is 0 Å². The maximum absolute atomic E-state index is 12.0. The Kier molecular flexibility index (Phi) is 8.59. The van der Waals surface area contributed by atoms with Gasteiger partial charge in [-0.25, -0.2) is 0 Å². The van der Waals surface area contributed by atoms with Crippen molar-refractivity contribution >= 4 is 11.8 Å². The molecule has 2 N–H and O–H groups in total. The third kappa shape index (κ3) is 6.51. The molecular weight excluding hydrogens is 556 g/mol. The van der Waals surface area contributed by atoms with Crippen molar-refractivity contribution in [3.05, 3.63) is 149 Å². The molecule has 0 saturated carbocycles. The fourth-order valence-electron chi connectivity index (χ4n) is 5.36. The van der Waals surface area contributed by atoms with E-state index in [-0.39, 0.29) is 5.75 Å². The number of fused-ring (bicyclic) bond motifs is 1. The Morgan fingerprint density at radius 2 is 1.33 bits per heavy atom. The average Bonchev–Trinajstić information content (AvgIpc) is 3.03. The SMILES string of the molecule is Cc1cccc(C)c1S[C@H]1c2c(OCc3ccccc3)cc(O)cc2O[C@H](c2ccc(OCc3ccccc3)cc2)[C@@H]1O. The van der Waals surface area contributed by atoms with Gasteiger partial charge >= 0.3 is 0 Å². The highest BCUT2D eigenvalue weighted by Crippen LogP contribution is 2.55. The van der Waals surface area contributed by atoms with Gasteiger partial charge in [0, 0.05) is 17.0 Å². The van der Waals surface area contributed by atoms with Crippen LogP contribution < -0.4 is 14.2 Å². The zero-order valence-corrected chi connectivity index (χ0v) is 25.0. The summed E-state index contributed by atoms with van der Waals surface area (Å²) in [5.41, 5.74) is 5.90. The third-order valence-electron chi connectivity index (χ3n) is 7.60. The number of aromatic hydroxyl groups is 1. The predicted octanol–water partition coefficient (Wildman–Crippen LogP) is 8.50. The van der Waals surface area contributed by atoms with Crippen molar-refractivity contribution in [3.8, 4) is 23.0 Å². The van der Waals surface area contributed by atoms with E-state index in [1.807, 2.05) is 91.0 Å². The molecule has 0 amide bonds. The summed E-state index contributed by atoms with van der Waals surface area (Å²) in [5, 5.41) is 22.3. The second-order valence-electron chi connectivity index (χ2n) is 10.8. The smallest absolute Gasteiger partial charge is 0.151 e. The van der Waals surface area contributed by atoms with Gasteiger partial charge in [-0.2, -0.15) is 0 Å². The Balaban J connectivity index is 1.33. The number of aliphatic hydroxyl groups excluding tert-OH is 1. The van der Waals surface area contributed by atoms with Crippen LogP contribution in [0.5, 0.6) is 23.0 Å². The zero-order chi connectivity index (χ0) is 29.8. The van der Waals surface area contributed by atoms with E-state index in [4.69, 9.17) is 14.2 Å². The first kappa shape index (κ1) is 28.7. The molecule has 1 aliphatic heterocycles. The first-order valence-corrected chi connectivity index (χ1v) is 15.2. The van der Waals surface area contributed by atoms with Gasteiger partial charge < -0.3 is 24.4 Å². The van der Waals surface area contributed by atoms with Gasteiger partial charge in [-0.15, -0.1) is 11.8 Å². The number of phenolic OH excluding ortho intramolecular Hbond substituents is 1. The van der Waals surface area contributed by atoms with Crippen LogP contribution in [0.1, 0.15) is 44.7 Å². The van der Waals surface area contributed by atoms with Crippen molar-refractivity contribution in [1.82, 2.24) is 0 Å². The van der Waals surface area contributed by atoms with Gasteiger partial charge in [0.05, 0.1) is 10.8 Å². The summed E-state index contributed by atoms with van der Waals surface area (Å²) >= 11 is 1.60. The second-order valence-corrected chi connectivity index (χ2v) is 11.9. The number of ether oxygens (including phenoxy) is 3. The van der Waals surface area contributed by atoms with Crippen molar-refractivity contribution < 1.29 is 24.4 Å². The van der Waals surface area contributed by atoms with Crippen molar-refractivity contribution in [3.63, 3.8) is 0 Å². The highest BCUT2D eigenvalue weighted by atomic mass is 32.2. The Morgan fingerprint density at radius 3 is 1.95 bits per heavy atom. The average molecular weight is 591 g/mol. The fraction of sp³-hybridized carbons (Fsp3) is 0.189. The van der Waals surface area contributed by atoms with Crippen LogP contribution in [0.3, 0.4) is 0 Å². The molecule has 0 saturated heterocycles. The molecule has 0 fully saturated rings. The van der Waals surface area contributed by atoms with E-state index in [0.29, 0.717) is 24.7 Å². The topological polar surface area (TPSA) is 68.2 Å². The molecule has 0 aliphatic carbocycles. The lowest BCUT2D eigenvalue weighted by molar-refractivity contribution is 0.0172. The number of aliphatic hydroxyl groups is 1. The summed E-state index contributed by atoms with van der Waals surface area (Å²) in [5.74, 6) is 1.75. The van der Waals surface area contributed by atoms with E-state index in [9.17, 15) is 10.2 Å². The predicted molar refractivity (Wildman–Crippen MR) is 170 cm³/mol. The van der Waals surface area contributed by atoms with Gasteiger partial charge in [0.1, 0.15) is 42.3 Å². The molecule has 1 heterocycles. The first-order valence-electron chi connectivity index (χ1n) is 14.3. The normalized spacial score (nSPS) is 17.5. The lowest BCUT2D eigenvalue weighted by Gasteiger charge is -2.38. The van der Waals surface area contributed by atoms with Crippen LogP contribution in [0, 0.1) is 13.8 Å². The monoisotopic (exact) mass is 590 g/mol. The lowest BCUT2D eigenvalue weighted by atomic mass is 9.93. The molecule has 5 aromatic carbocycles. The summed E-state index contributed by atoms with van der Waals surface area (Å²) in [6.45, 7) is 4.95. The van der Waals surface area contributed by atoms with Gasteiger partial charge in [0.15, 0.2) is 6.10 Å². The van der Waals surface area contributed by atoms with Crippen LogP contribution in [-0.4, -0.2) is 16.3 Å². The van der Waals surface area contributed by atoms with Crippen molar-refractivity contribution in [2.45, 2.75) is 49.4 Å². The molecule has 1 aliphatic rings. The second kappa shape index (κ2) is 12.9. The van der Waals surface area contributed by atoms with Crippen LogP contribution in [0.15, 0.2) is 120 Å². The maximum atomic E-state index is 12.0. The molecule has 0 radical (unpaired) electrons. The maximum Gasteiger partial charge on any atom is 0.151 e. The molecule has 5 aromatic rings. The summed E-state index contributed by atoms with van der Waals surface area (Å²) in [6.07, 6.45) is -1.57. The Hall–Kier alpha value is -4.39. The standard InChI is InChI=1S/C37H34O5S/c1-24-10-9-11-25(2)36(24)43-37-33-31(41-23-27-14-7-4-8-15-27)20-29(38)21-32(33)42-35(34(37)39)28-16-18-30(19-17-28)40-22-26-12-5-3-6-13-26/h3-21,34-35,37-39H,22-23H2,1-2H3/t34-,35+,37-/m0/s1. The Morgan fingerprint density at radius 1 is 0.721 bits per heavy atom. The highest BCUT2D eigenvalue weighted by Gasteiger charge is 2.41. The summed E-state index contributed by atoms with van der Waals surface area (Å²) in [7, 11) is 0. The molecule has 6 rings (SSSR count). The molecule has 0 unspecified atom stereocenters. The zero-order valence-electron chi connectivity index (χ0n) is 24.1. The number of phenols is 1. The van der Waals surface area contributed by atoms with Crippen molar-refractivity contribution in [2.24, 2.45) is 0 Å². The molecule has 218 valence electrons. The van der Waals surface area contributed by atoms with E-state index in [1.54, 1.807) is 23.9 Å². The molecule has 0 spiro atoms. The number of rotatable bonds is 9. The van der Waals surface area contributed by atoms with Crippen LogP contribution in [0.2, 0.25) is 0 Å². The van der Waals surface area contributed by atoms with Gasteiger partial charge in [-0.1, -0.05) is 91.0 Å². The van der Waals surface area contributed by atoms with E-state index >= 15 is 0 Å². The molecule has 43 heavy (non-hydrogen) atoms. The number of hydrogen-bond donors (Lipinski definition) is 2. The molecule has 5 nitrogen and oxygen atoms in total. The van der Waals surface area contributed by atoms with Crippen LogP contribution in [0.4, 0.5) is 0 Å². The summed E-state index contributed by atoms with van der Waals surface area (Å²) < 4.78 is 18.7. The van der Waals surface area contributed by atoms with Crippen molar-refractivity contribution in [1.29, 1.82) is 0 Å². The minimum atomic E-state index is -0.906. The number of hydrogen-bond acceptors (Lipinski definition) is 6. The van der Waals surface area contributed by atoms with Crippen LogP contribution >= 0.6 is 11.8 Å². The van der Waals surface area contributed by atoms with E-state index in [1.165, 1.54) is 0 Å². The summed E-state index contributed by atoms with van der Waals surface area (Å²) in [6, 6.07) is 37.0. The summed E-state index contributed by atoms with van der Waals surface area (Å²) in [4.78, 5) is 1.10. The largest absolute Gasteiger partial charge is 0.508 e. The molecule has 6 heteroatoms. The first-order chi connectivity index (χ1) is 21.0. The number of benzene rings is 5. The number of aryl methyl sites for hydroxylation is 2. The van der Waals surface area contributed by atoms with Gasteiger partial charge in [0.25, 0.3) is 0 Å². The molecular formula is C37H34O5S. The molecule has 0 aromatic heterocycles. The van der Waals surface area contributed by atoms with Crippen LogP contribution in [-0.2, 0) is 13.2 Å². The van der Waals surface area contributed by atoms with E-state index < -0.39 is 17.5 Å². The fourth-order valence-corrected chi connectivity index (χ4v) is 6.75. The Bertz CT molecular complexity index is 1650. The van der Waals surface area contributed by atoms with Crippen molar-refractivity contribution in [2.75, 3.05) is 0 Å². The minimum Gasteiger partial charge on any atom is -0.508 e. The van der Waals surface area contributed by atoms with Gasteiger partial charge in [-0.05, 0) is 53.8 Å². The third-order valence-corrected chi connectivity index (χ3v) is 9.24. The highest BCUT2D eigenvalue weighted by molar-refractivity contribution is 7.99. The van der Waals surface area contributed by atoms with E-state index in [0.717, 1.165) is 44.0 Å². The van der Waals surface area contributed by atoms with Gasteiger partial charge in [-0.3, -0.25) is 0 Å². The quantitative estimate of drug-likeness (QED) is 0.179. The molecule has 3 atom stereocenters. The number of thioether (sulfide) groups is 1.